The number of aryl methyl sites for hydroxylation is 2. The van der Waals surface area contributed by atoms with E-state index < -0.39 is 7.82 Å². The van der Waals surface area contributed by atoms with Gasteiger partial charge in [-0.15, -0.1) is 0 Å². The molecular formula is C33H49NO5PS+. The zero-order chi connectivity index (χ0) is 29.3. The van der Waals surface area contributed by atoms with Gasteiger partial charge in [0.05, 0.1) is 11.5 Å². The van der Waals surface area contributed by atoms with Gasteiger partial charge >= 0.3 is 7.82 Å². The molecule has 3 aromatic rings. The second kappa shape index (κ2) is 18.3. The Labute approximate surface area is 251 Å². The molecule has 0 bridgehead atoms. The van der Waals surface area contributed by atoms with Gasteiger partial charge in [0, 0.05) is 5.56 Å². The Hall–Kier alpha value is -2.34. The van der Waals surface area contributed by atoms with Crippen LogP contribution in [0.25, 0.3) is 0 Å². The molecule has 0 aliphatic heterocycles. The summed E-state index contributed by atoms with van der Waals surface area (Å²) in [6.07, 6.45) is 18.4. The number of unbranched alkanes of at least 4 members (excludes halogenated alkanes) is 11. The zero-order valence-electron chi connectivity index (χ0n) is 25.2. The van der Waals surface area contributed by atoms with Gasteiger partial charge in [0.1, 0.15) is 17.2 Å². The van der Waals surface area contributed by atoms with Crippen LogP contribution in [-0.2, 0) is 17.5 Å². The third-order valence-electron chi connectivity index (χ3n) is 7.10. The van der Waals surface area contributed by atoms with Crippen LogP contribution in [0, 0.1) is 6.92 Å². The number of rotatable bonds is 21. The van der Waals surface area contributed by atoms with Crippen LogP contribution in [0.1, 0.15) is 107 Å². The third-order valence-corrected chi connectivity index (χ3v) is 8.82. The standard InChI is InChI=1S/C33H48NO5PS/c1-4-6-7-8-9-10-11-12-13-14-15-16-22-37-31-20-21-33(30(5-2)24-31)39-40(35,36)38-32-19-17-18-29(23-32)26-34-25-28(3)41-27-34/h17-21,23-25,27H,4-16,22,26H2,1-3H3/p+1. The molecule has 0 saturated carbocycles. The molecule has 0 spiro atoms. The predicted molar refractivity (Wildman–Crippen MR) is 168 cm³/mol. The highest BCUT2D eigenvalue weighted by Gasteiger charge is 2.26. The molecule has 3 rings (SSSR count). The molecule has 1 unspecified atom stereocenters. The van der Waals surface area contributed by atoms with Gasteiger partial charge in [-0.2, -0.15) is 4.57 Å². The van der Waals surface area contributed by atoms with E-state index in [0.717, 1.165) is 23.3 Å². The SMILES string of the molecule is CCCCCCCCCCCCCCOc1ccc(OP(=O)(O)Oc2cccc(C[n+]3csc(C)c3)c2)c(CC)c1. The van der Waals surface area contributed by atoms with Crippen molar-refractivity contribution in [2.75, 3.05) is 6.61 Å². The molecule has 0 radical (unpaired) electrons. The summed E-state index contributed by atoms with van der Waals surface area (Å²) in [5.41, 5.74) is 3.81. The van der Waals surface area contributed by atoms with E-state index in [0.29, 0.717) is 31.1 Å². The van der Waals surface area contributed by atoms with Crippen LogP contribution >= 0.6 is 19.2 Å². The van der Waals surface area contributed by atoms with E-state index in [9.17, 15) is 9.46 Å². The number of ether oxygens (including phenoxy) is 1. The van der Waals surface area contributed by atoms with E-state index in [1.165, 1.54) is 75.5 Å². The van der Waals surface area contributed by atoms with Crippen molar-refractivity contribution in [1.82, 2.24) is 0 Å². The topological polar surface area (TPSA) is 68.9 Å². The molecule has 0 aliphatic carbocycles. The Morgan fingerprint density at radius 3 is 2.15 bits per heavy atom. The summed E-state index contributed by atoms with van der Waals surface area (Å²) in [5.74, 6) is 1.37. The summed E-state index contributed by atoms with van der Waals surface area (Å²) in [6, 6.07) is 12.6. The molecule has 0 amide bonds. The number of benzene rings is 2. The van der Waals surface area contributed by atoms with E-state index in [1.807, 2.05) is 30.6 Å². The van der Waals surface area contributed by atoms with Crippen LogP contribution in [0.4, 0.5) is 0 Å². The molecule has 41 heavy (non-hydrogen) atoms. The lowest BCUT2D eigenvalue weighted by atomic mass is 10.1. The number of hydrogen-bond donors (Lipinski definition) is 1. The smallest absolute Gasteiger partial charge is 0.494 e. The number of nitrogens with zero attached hydrogens (tertiary/aromatic N) is 1. The van der Waals surface area contributed by atoms with Gasteiger partial charge in [-0.05, 0) is 55.7 Å². The minimum atomic E-state index is -4.39. The molecule has 0 fully saturated rings. The molecule has 0 saturated heterocycles. The van der Waals surface area contributed by atoms with Crippen molar-refractivity contribution in [1.29, 1.82) is 0 Å². The first-order valence-electron chi connectivity index (χ1n) is 15.4. The minimum absolute atomic E-state index is 0.293. The summed E-state index contributed by atoms with van der Waals surface area (Å²) in [5, 5.41) is 0. The molecule has 1 heterocycles. The summed E-state index contributed by atoms with van der Waals surface area (Å²) in [6.45, 7) is 7.62. The van der Waals surface area contributed by atoms with Crippen molar-refractivity contribution in [2.45, 2.75) is 111 Å². The van der Waals surface area contributed by atoms with Crippen LogP contribution in [0.15, 0.2) is 54.2 Å². The number of phosphoric acid groups is 1. The average molecular weight is 603 g/mol. The van der Waals surface area contributed by atoms with Gasteiger partial charge in [-0.25, -0.2) is 4.57 Å². The quantitative estimate of drug-likeness (QED) is 0.0747. The molecular weight excluding hydrogens is 553 g/mol. The van der Waals surface area contributed by atoms with E-state index in [-0.39, 0.29) is 0 Å². The van der Waals surface area contributed by atoms with Crippen molar-refractivity contribution in [2.24, 2.45) is 0 Å². The molecule has 0 aliphatic rings. The van der Waals surface area contributed by atoms with Crippen molar-refractivity contribution in [3.05, 3.63) is 70.2 Å². The monoisotopic (exact) mass is 602 g/mol. The van der Waals surface area contributed by atoms with Crippen molar-refractivity contribution >= 4 is 19.2 Å². The maximum Gasteiger partial charge on any atom is 0.584 e. The number of phosphoric ester groups is 1. The van der Waals surface area contributed by atoms with Crippen molar-refractivity contribution < 1.29 is 27.8 Å². The largest absolute Gasteiger partial charge is 0.584 e. The maximum atomic E-state index is 12.9. The highest BCUT2D eigenvalue weighted by atomic mass is 32.1. The van der Waals surface area contributed by atoms with Crippen LogP contribution in [0.3, 0.4) is 0 Å². The lowest BCUT2D eigenvalue weighted by Gasteiger charge is -2.17. The fraction of sp³-hybridized carbons (Fsp3) is 0.545. The maximum absolute atomic E-state index is 12.9. The lowest BCUT2D eigenvalue weighted by molar-refractivity contribution is -0.683. The second-order valence-corrected chi connectivity index (χ2v) is 13.2. The molecule has 1 N–H and O–H groups in total. The summed E-state index contributed by atoms with van der Waals surface area (Å²) in [7, 11) is -4.39. The van der Waals surface area contributed by atoms with Crippen molar-refractivity contribution in [3.63, 3.8) is 0 Å². The Bertz CT molecular complexity index is 1210. The molecule has 226 valence electrons. The lowest BCUT2D eigenvalue weighted by Crippen LogP contribution is -2.30. The summed E-state index contributed by atoms with van der Waals surface area (Å²) >= 11 is 1.67. The average Bonchev–Trinajstić information content (AvgIpc) is 3.35. The summed E-state index contributed by atoms with van der Waals surface area (Å²) < 4.78 is 31.8. The van der Waals surface area contributed by atoms with Crippen LogP contribution < -0.4 is 18.4 Å². The van der Waals surface area contributed by atoms with E-state index in [4.69, 9.17) is 13.8 Å². The van der Waals surface area contributed by atoms with Gasteiger partial charge in [-0.1, -0.05) is 108 Å². The fourth-order valence-electron chi connectivity index (χ4n) is 4.86. The van der Waals surface area contributed by atoms with E-state index in [2.05, 4.69) is 24.6 Å². The van der Waals surface area contributed by atoms with Crippen LogP contribution in [0.2, 0.25) is 0 Å². The van der Waals surface area contributed by atoms with Gasteiger partial charge in [0.25, 0.3) is 0 Å². The highest BCUT2D eigenvalue weighted by molar-refractivity contribution is 7.48. The fourth-order valence-corrected chi connectivity index (χ4v) is 6.34. The van der Waals surface area contributed by atoms with Crippen molar-refractivity contribution in [3.8, 4) is 17.2 Å². The molecule has 1 aromatic heterocycles. The number of thiazole rings is 1. The van der Waals surface area contributed by atoms with E-state index >= 15 is 0 Å². The summed E-state index contributed by atoms with van der Waals surface area (Å²) in [4.78, 5) is 11.7. The normalized spacial score (nSPS) is 12.7. The zero-order valence-corrected chi connectivity index (χ0v) is 26.9. The van der Waals surface area contributed by atoms with Gasteiger partial charge < -0.3 is 13.8 Å². The molecule has 8 heteroatoms. The molecule has 1 atom stereocenters. The first-order valence-corrected chi connectivity index (χ1v) is 17.8. The van der Waals surface area contributed by atoms with Gasteiger partial charge in [0.2, 0.25) is 5.51 Å². The Kier molecular flexibility index (Phi) is 14.8. The molecule has 6 nitrogen and oxygen atoms in total. The van der Waals surface area contributed by atoms with Gasteiger partial charge in [0.15, 0.2) is 12.7 Å². The van der Waals surface area contributed by atoms with Crippen LogP contribution in [-0.4, -0.2) is 11.5 Å². The Morgan fingerprint density at radius 1 is 0.829 bits per heavy atom. The van der Waals surface area contributed by atoms with E-state index in [1.54, 1.807) is 35.6 Å². The van der Waals surface area contributed by atoms with Crippen LogP contribution in [0.5, 0.6) is 17.2 Å². The number of aromatic nitrogens is 1. The predicted octanol–water partition coefficient (Wildman–Crippen LogP) is 9.59. The highest BCUT2D eigenvalue weighted by Crippen LogP contribution is 2.46. The first kappa shape index (κ1) is 33.2. The minimum Gasteiger partial charge on any atom is -0.494 e. The van der Waals surface area contributed by atoms with Gasteiger partial charge in [-0.3, -0.25) is 4.89 Å². The second-order valence-electron chi connectivity index (χ2n) is 10.8. The Balaban J connectivity index is 1.38. The Morgan fingerprint density at radius 2 is 1.51 bits per heavy atom. The third kappa shape index (κ3) is 13.0. The first-order chi connectivity index (χ1) is 19.9. The molecule has 2 aromatic carbocycles. The number of hydrogen-bond acceptors (Lipinski definition) is 5.